The molecular formula is C17H30N4. The van der Waals surface area contributed by atoms with Crippen LogP contribution in [0.4, 0.5) is 5.82 Å². The molecule has 0 bridgehead atoms. The number of hydrogen-bond donors (Lipinski definition) is 1. The van der Waals surface area contributed by atoms with Crippen molar-refractivity contribution in [3.63, 3.8) is 0 Å². The van der Waals surface area contributed by atoms with Gasteiger partial charge in [-0.1, -0.05) is 25.7 Å². The largest absolute Gasteiger partial charge is 0.355 e. The molecule has 0 radical (unpaired) electrons. The molecule has 1 aliphatic carbocycles. The highest BCUT2D eigenvalue weighted by atomic mass is 15.2. The van der Waals surface area contributed by atoms with Gasteiger partial charge in [0.25, 0.3) is 0 Å². The molecule has 1 N–H and O–H groups in total. The van der Waals surface area contributed by atoms with Crippen molar-refractivity contribution in [1.29, 1.82) is 0 Å². The zero-order valence-corrected chi connectivity index (χ0v) is 14.0. The van der Waals surface area contributed by atoms with Crippen molar-refractivity contribution in [3.8, 4) is 0 Å². The van der Waals surface area contributed by atoms with Crippen LogP contribution in [0.15, 0.2) is 12.4 Å². The summed E-state index contributed by atoms with van der Waals surface area (Å²) in [5, 5.41) is 3.44. The predicted molar refractivity (Wildman–Crippen MR) is 88.5 cm³/mol. The second kappa shape index (κ2) is 7.21. The second-order valence-electron chi connectivity index (χ2n) is 7.23. The summed E-state index contributed by atoms with van der Waals surface area (Å²) < 4.78 is 0. The molecule has 0 unspecified atom stereocenters. The quantitative estimate of drug-likeness (QED) is 0.861. The Morgan fingerprint density at radius 2 is 1.76 bits per heavy atom. The van der Waals surface area contributed by atoms with Crippen LogP contribution in [0.25, 0.3) is 0 Å². The summed E-state index contributed by atoms with van der Waals surface area (Å²) >= 11 is 0. The highest BCUT2D eigenvalue weighted by Gasteiger charge is 2.18. The van der Waals surface area contributed by atoms with E-state index in [1.54, 1.807) is 0 Å². The summed E-state index contributed by atoms with van der Waals surface area (Å²) in [6.45, 7) is 7.25. The molecule has 1 aromatic heterocycles. The van der Waals surface area contributed by atoms with E-state index in [1.807, 2.05) is 12.4 Å². The van der Waals surface area contributed by atoms with Crippen LogP contribution in [0.5, 0.6) is 0 Å². The van der Waals surface area contributed by atoms with Gasteiger partial charge in [-0.25, -0.2) is 4.98 Å². The lowest BCUT2D eigenvalue weighted by Gasteiger charge is -2.28. The molecular weight excluding hydrogens is 260 g/mol. The Bertz CT molecular complexity index is 413. The maximum atomic E-state index is 4.61. The van der Waals surface area contributed by atoms with Crippen LogP contribution in [-0.4, -0.2) is 28.6 Å². The molecule has 1 aromatic rings. The molecule has 1 fully saturated rings. The maximum Gasteiger partial charge on any atom is 0.147 e. The average Bonchev–Trinajstić information content (AvgIpc) is 2.73. The fourth-order valence-electron chi connectivity index (χ4n) is 2.81. The maximum absolute atomic E-state index is 4.61. The summed E-state index contributed by atoms with van der Waals surface area (Å²) in [5.41, 5.74) is 1.11. The zero-order valence-electron chi connectivity index (χ0n) is 14.0. The molecule has 0 spiro atoms. The Balaban J connectivity index is 1.94. The normalized spacial score (nSPS) is 17.5. The van der Waals surface area contributed by atoms with Crippen LogP contribution in [0, 0.1) is 0 Å². The smallest absolute Gasteiger partial charge is 0.147 e. The van der Waals surface area contributed by atoms with Crippen LogP contribution < -0.4 is 10.2 Å². The monoisotopic (exact) mass is 290 g/mol. The fraction of sp³-hybridized carbons (Fsp3) is 0.765. The van der Waals surface area contributed by atoms with Crippen molar-refractivity contribution in [2.24, 2.45) is 0 Å². The van der Waals surface area contributed by atoms with Gasteiger partial charge in [0.05, 0.1) is 18.1 Å². The van der Waals surface area contributed by atoms with Gasteiger partial charge >= 0.3 is 0 Å². The second-order valence-corrected chi connectivity index (χ2v) is 7.23. The molecule has 21 heavy (non-hydrogen) atoms. The van der Waals surface area contributed by atoms with Gasteiger partial charge in [0, 0.05) is 25.2 Å². The molecule has 1 saturated carbocycles. The van der Waals surface area contributed by atoms with Gasteiger partial charge < -0.3 is 10.2 Å². The van der Waals surface area contributed by atoms with E-state index in [0.717, 1.165) is 18.1 Å². The van der Waals surface area contributed by atoms with Crippen molar-refractivity contribution < 1.29 is 0 Å². The first-order valence-corrected chi connectivity index (χ1v) is 8.24. The Morgan fingerprint density at radius 3 is 2.29 bits per heavy atom. The lowest BCUT2D eigenvalue weighted by Crippen LogP contribution is -2.35. The van der Waals surface area contributed by atoms with Crippen LogP contribution in [-0.2, 0) is 6.54 Å². The number of nitrogens with zero attached hydrogens (tertiary/aromatic N) is 3. The zero-order chi connectivity index (χ0) is 15.3. The first-order valence-electron chi connectivity index (χ1n) is 8.24. The number of nitrogens with one attached hydrogen (secondary N) is 1. The molecule has 2 rings (SSSR count). The number of hydrogen-bond acceptors (Lipinski definition) is 4. The molecule has 0 saturated heterocycles. The number of anilines is 1. The van der Waals surface area contributed by atoms with Gasteiger partial charge in [-0.3, -0.25) is 4.98 Å². The summed E-state index contributed by atoms with van der Waals surface area (Å²) in [6.07, 6.45) is 11.8. The fourth-order valence-corrected chi connectivity index (χ4v) is 2.81. The molecule has 118 valence electrons. The average molecular weight is 290 g/mol. The van der Waals surface area contributed by atoms with Crippen molar-refractivity contribution in [3.05, 3.63) is 18.1 Å². The van der Waals surface area contributed by atoms with E-state index in [-0.39, 0.29) is 5.54 Å². The van der Waals surface area contributed by atoms with Crippen LogP contribution >= 0.6 is 0 Å². The summed E-state index contributed by atoms with van der Waals surface area (Å²) in [6, 6.07) is 0.625. The third-order valence-corrected chi connectivity index (χ3v) is 4.23. The van der Waals surface area contributed by atoms with E-state index in [4.69, 9.17) is 0 Å². The Kier molecular flexibility index (Phi) is 5.57. The van der Waals surface area contributed by atoms with E-state index in [1.165, 1.54) is 38.5 Å². The van der Waals surface area contributed by atoms with E-state index < -0.39 is 0 Å². The third kappa shape index (κ3) is 5.27. The highest BCUT2D eigenvalue weighted by molar-refractivity contribution is 5.36. The molecule has 4 nitrogen and oxygen atoms in total. The topological polar surface area (TPSA) is 41.1 Å². The van der Waals surface area contributed by atoms with Gasteiger partial charge in [0.1, 0.15) is 5.82 Å². The first kappa shape index (κ1) is 16.2. The molecule has 0 atom stereocenters. The molecule has 0 aliphatic heterocycles. The van der Waals surface area contributed by atoms with Crippen molar-refractivity contribution >= 4 is 5.82 Å². The summed E-state index contributed by atoms with van der Waals surface area (Å²) in [7, 11) is 2.16. The van der Waals surface area contributed by atoms with E-state index >= 15 is 0 Å². The minimum absolute atomic E-state index is 0.109. The lowest BCUT2D eigenvalue weighted by molar-refractivity contribution is 0.421. The Morgan fingerprint density at radius 1 is 1.10 bits per heavy atom. The van der Waals surface area contributed by atoms with Crippen LogP contribution in [0.3, 0.4) is 0 Å². The van der Waals surface area contributed by atoms with Gasteiger partial charge in [-0.15, -0.1) is 0 Å². The number of rotatable bonds is 4. The van der Waals surface area contributed by atoms with Crippen molar-refractivity contribution in [1.82, 2.24) is 15.3 Å². The molecule has 1 aliphatic rings. The Labute approximate surface area is 129 Å². The van der Waals surface area contributed by atoms with Crippen LogP contribution in [0.2, 0.25) is 0 Å². The minimum Gasteiger partial charge on any atom is -0.355 e. The SMILES string of the molecule is CN(c1cnc(CNC(C)(C)C)cn1)C1CCCCCC1. The van der Waals surface area contributed by atoms with Gasteiger partial charge in [0.2, 0.25) is 0 Å². The van der Waals surface area contributed by atoms with Gasteiger partial charge in [0.15, 0.2) is 0 Å². The third-order valence-electron chi connectivity index (χ3n) is 4.23. The van der Waals surface area contributed by atoms with Gasteiger partial charge in [-0.2, -0.15) is 0 Å². The molecule has 1 heterocycles. The first-order chi connectivity index (χ1) is 9.96. The standard InChI is InChI=1S/C17H30N4/c1-17(2,3)20-12-14-11-19-16(13-18-14)21(4)15-9-7-5-6-8-10-15/h11,13,15,20H,5-10,12H2,1-4H3. The van der Waals surface area contributed by atoms with E-state index in [2.05, 4.69) is 48.0 Å². The van der Waals surface area contributed by atoms with E-state index in [9.17, 15) is 0 Å². The summed E-state index contributed by atoms with van der Waals surface area (Å²) in [5.74, 6) is 1.00. The van der Waals surface area contributed by atoms with Crippen molar-refractivity contribution in [2.45, 2.75) is 77.4 Å². The lowest BCUT2D eigenvalue weighted by atomic mass is 10.1. The predicted octanol–water partition coefficient (Wildman–Crippen LogP) is 3.52. The van der Waals surface area contributed by atoms with Crippen LogP contribution in [0.1, 0.15) is 65.0 Å². The Hall–Kier alpha value is -1.16. The van der Waals surface area contributed by atoms with E-state index in [0.29, 0.717) is 6.04 Å². The highest BCUT2D eigenvalue weighted by Crippen LogP contribution is 2.23. The minimum atomic E-state index is 0.109. The number of aromatic nitrogens is 2. The summed E-state index contributed by atoms with van der Waals surface area (Å²) in [4.78, 5) is 11.5. The molecule has 0 aromatic carbocycles. The van der Waals surface area contributed by atoms with Crippen molar-refractivity contribution in [2.75, 3.05) is 11.9 Å². The molecule has 0 amide bonds. The molecule has 4 heteroatoms. The van der Waals surface area contributed by atoms with Gasteiger partial charge in [-0.05, 0) is 33.6 Å².